The summed E-state index contributed by atoms with van der Waals surface area (Å²) in [6, 6.07) is -0.346. The number of aromatic nitrogens is 3. The average Bonchev–Trinajstić information content (AvgIpc) is 2.99. The molecule has 1 atom stereocenters. The van der Waals surface area contributed by atoms with Crippen LogP contribution >= 0.6 is 11.8 Å². The predicted molar refractivity (Wildman–Crippen MR) is 98.6 cm³/mol. The standard InChI is InChI=1S/C18H27N5O2S/c1-3-23-10-19-22-17(23)26-11(2)15(24)20-16(25)21-18-7-12-4-13(8-18)6-14(5-12)9-18/h10-14H,3-9H2,1-2H3,(H2,20,21,24,25)/t11-,12?,13?,14?,18?/m1/s1. The van der Waals surface area contributed by atoms with Crippen LogP contribution in [0.5, 0.6) is 0 Å². The molecular formula is C18H27N5O2S. The maximum atomic E-state index is 12.5. The van der Waals surface area contributed by atoms with Crippen LogP contribution in [0.4, 0.5) is 4.79 Å². The van der Waals surface area contributed by atoms with Gasteiger partial charge in [-0.1, -0.05) is 11.8 Å². The fourth-order valence-corrected chi connectivity index (χ4v) is 6.40. The molecule has 4 bridgehead atoms. The smallest absolute Gasteiger partial charge is 0.321 e. The lowest BCUT2D eigenvalue weighted by Crippen LogP contribution is -2.62. The van der Waals surface area contributed by atoms with E-state index in [0.717, 1.165) is 43.6 Å². The Labute approximate surface area is 158 Å². The second-order valence-electron chi connectivity index (χ2n) is 8.30. The molecule has 0 radical (unpaired) electrons. The van der Waals surface area contributed by atoms with Crippen LogP contribution in [0, 0.1) is 17.8 Å². The van der Waals surface area contributed by atoms with Gasteiger partial charge in [-0.25, -0.2) is 4.79 Å². The third kappa shape index (κ3) is 3.48. The highest BCUT2D eigenvalue weighted by molar-refractivity contribution is 8.00. The number of hydrogen-bond acceptors (Lipinski definition) is 5. The summed E-state index contributed by atoms with van der Waals surface area (Å²) in [5, 5.41) is 13.9. The normalized spacial score (nSPS) is 33.1. The number of aryl methyl sites for hydroxylation is 1. The molecule has 0 unspecified atom stereocenters. The number of rotatable bonds is 5. The molecule has 0 aliphatic heterocycles. The average molecular weight is 378 g/mol. The molecule has 8 heteroatoms. The minimum Gasteiger partial charge on any atom is -0.332 e. The maximum absolute atomic E-state index is 12.5. The van der Waals surface area contributed by atoms with Crippen molar-refractivity contribution in [3.8, 4) is 0 Å². The van der Waals surface area contributed by atoms with Crippen LogP contribution in [0.2, 0.25) is 0 Å². The van der Waals surface area contributed by atoms with Gasteiger partial charge in [0.2, 0.25) is 5.91 Å². The first kappa shape index (κ1) is 17.8. The van der Waals surface area contributed by atoms with Crippen molar-refractivity contribution in [1.29, 1.82) is 0 Å². The third-order valence-electron chi connectivity index (χ3n) is 6.23. The van der Waals surface area contributed by atoms with E-state index in [0.29, 0.717) is 5.16 Å². The SMILES string of the molecule is CCn1cnnc1S[C@H](C)C(=O)NC(=O)NC12CC3CC(CC(C3)C1)C2. The van der Waals surface area contributed by atoms with Gasteiger partial charge in [-0.2, -0.15) is 0 Å². The Morgan fingerprint density at radius 2 is 1.88 bits per heavy atom. The summed E-state index contributed by atoms with van der Waals surface area (Å²) < 4.78 is 1.88. The van der Waals surface area contributed by atoms with Gasteiger partial charge in [0, 0.05) is 12.1 Å². The van der Waals surface area contributed by atoms with Crippen LogP contribution in [-0.2, 0) is 11.3 Å². The fourth-order valence-electron chi connectivity index (χ4n) is 5.51. The monoisotopic (exact) mass is 377 g/mol. The number of urea groups is 1. The fraction of sp³-hybridized carbons (Fsp3) is 0.778. The molecule has 0 aromatic carbocycles. The molecule has 4 fully saturated rings. The molecule has 26 heavy (non-hydrogen) atoms. The van der Waals surface area contributed by atoms with E-state index in [2.05, 4.69) is 20.8 Å². The van der Waals surface area contributed by atoms with E-state index in [9.17, 15) is 9.59 Å². The van der Waals surface area contributed by atoms with Gasteiger partial charge in [0.25, 0.3) is 0 Å². The molecule has 142 valence electrons. The Morgan fingerprint density at radius 1 is 1.27 bits per heavy atom. The second kappa shape index (κ2) is 6.87. The molecule has 5 rings (SSSR count). The van der Waals surface area contributed by atoms with Crippen molar-refractivity contribution in [1.82, 2.24) is 25.4 Å². The Kier molecular flexibility index (Phi) is 4.71. The highest BCUT2D eigenvalue weighted by Crippen LogP contribution is 2.55. The summed E-state index contributed by atoms with van der Waals surface area (Å²) in [6.45, 7) is 4.53. The summed E-state index contributed by atoms with van der Waals surface area (Å²) in [4.78, 5) is 24.9. The van der Waals surface area contributed by atoms with Gasteiger partial charge in [-0.05, 0) is 70.1 Å². The summed E-state index contributed by atoms with van der Waals surface area (Å²) >= 11 is 1.32. The van der Waals surface area contributed by atoms with E-state index >= 15 is 0 Å². The number of thioether (sulfide) groups is 1. The highest BCUT2D eigenvalue weighted by Gasteiger charge is 2.51. The quantitative estimate of drug-likeness (QED) is 0.770. The molecule has 1 aromatic heterocycles. The predicted octanol–water partition coefficient (Wildman–Crippen LogP) is 2.57. The topological polar surface area (TPSA) is 88.9 Å². The highest BCUT2D eigenvalue weighted by atomic mass is 32.2. The molecule has 1 aromatic rings. The van der Waals surface area contributed by atoms with Crippen molar-refractivity contribution < 1.29 is 9.59 Å². The molecule has 4 saturated carbocycles. The zero-order valence-electron chi connectivity index (χ0n) is 15.4. The molecule has 2 N–H and O–H groups in total. The van der Waals surface area contributed by atoms with Gasteiger partial charge < -0.3 is 9.88 Å². The van der Waals surface area contributed by atoms with Gasteiger partial charge in [0.15, 0.2) is 5.16 Å². The van der Waals surface area contributed by atoms with E-state index in [4.69, 9.17) is 0 Å². The first-order chi connectivity index (χ1) is 12.5. The van der Waals surface area contributed by atoms with Gasteiger partial charge in [0.1, 0.15) is 6.33 Å². The Bertz CT molecular complexity index is 668. The van der Waals surface area contributed by atoms with Gasteiger partial charge in [0.05, 0.1) is 5.25 Å². The summed E-state index contributed by atoms with van der Waals surface area (Å²) in [5.74, 6) is 1.98. The third-order valence-corrected chi connectivity index (χ3v) is 7.32. The van der Waals surface area contributed by atoms with E-state index in [-0.39, 0.29) is 17.5 Å². The van der Waals surface area contributed by atoms with Crippen molar-refractivity contribution >= 4 is 23.7 Å². The van der Waals surface area contributed by atoms with Crippen LogP contribution in [0.15, 0.2) is 11.5 Å². The first-order valence-electron chi connectivity index (χ1n) is 9.64. The summed E-state index contributed by atoms with van der Waals surface area (Å²) in [6.07, 6.45) is 8.85. The van der Waals surface area contributed by atoms with Crippen LogP contribution in [0.25, 0.3) is 0 Å². The minimum atomic E-state index is -0.411. The summed E-state index contributed by atoms with van der Waals surface area (Å²) in [5.41, 5.74) is -0.0854. The van der Waals surface area contributed by atoms with E-state index < -0.39 is 5.25 Å². The minimum absolute atomic E-state index is 0.0854. The molecule has 1 heterocycles. The zero-order chi connectivity index (χ0) is 18.3. The number of carbonyl (C=O) groups is 2. The maximum Gasteiger partial charge on any atom is 0.321 e. The lowest BCUT2D eigenvalue weighted by atomic mass is 9.53. The van der Waals surface area contributed by atoms with Crippen molar-refractivity contribution in [3.05, 3.63) is 6.33 Å². The Morgan fingerprint density at radius 3 is 2.46 bits per heavy atom. The van der Waals surface area contributed by atoms with Crippen molar-refractivity contribution in [2.45, 2.75) is 74.9 Å². The lowest BCUT2D eigenvalue weighted by molar-refractivity contribution is -0.119. The van der Waals surface area contributed by atoms with Crippen molar-refractivity contribution in [3.63, 3.8) is 0 Å². The largest absolute Gasteiger partial charge is 0.332 e. The van der Waals surface area contributed by atoms with E-state index in [1.807, 2.05) is 11.5 Å². The van der Waals surface area contributed by atoms with Crippen LogP contribution < -0.4 is 10.6 Å². The summed E-state index contributed by atoms with van der Waals surface area (Å²) in [7, 11) is 0. The van der Waals surface area contributed by atoms with Crippen LogP contribution in [0.1, 0.15) is 52.4 Å². The number of hydrogen-bond donors (Lipinski definition) is 2. The zero-order valence-corrected chi connectivity index (χ0v) is 16.2. The van der Waals surface area contributed by atoms with Crippen molar-refractivity contribution in [2.75, 3.05) is 0 Å². The number of nitrogens with zero attached hydrogens (tertiary/aromatic N) is 3. The molecule has 3 amide bonds. The van der Waals surface area contributed by atoms with E-state index in [1.54, 1.807) is 13.3 Å². The second-order valence-corrected chi connectivity index (χ2v) is 9.61. The molecule has 4 aliphatic rings. The number of imide groups is 1. The lowest BCUT2D eigenvalue weighted by Gasteiger charge is -2.56. The van der Waals surface area contributed by atoms with Gasteiger partial charge >= 0.3 is 6.03 Å². The number of amides is 3. The molecule has 7 nitrogen and oxygen atoms in total. The van der Waals surface area contributed by atoms with Gasteiger partial charge in [-0.15, -0.1) is 10.2 Å². The van der Waals surface area contributed by atoms with Crippen LogP contribution in [-0.4, -0.2) is 37.5 Å². The van der Waals surface area contributed by atoms with E-state index in [1.165, 1.54) is 31.0 Å². The molecular weight excluding hydrogens is 350 g/mol. The molecule has 4 aliphatic carbocycles. The number of carbonyl (C=O) groups excluding carboxylic acids is 2. The number of nitrogens with one attached hydrogen (secondary N) is 2. The molecule has 0 saturated heterocycles. The Hall–Kier alpha value is -1.57. The molecule has 0 spiro atoms. The van der Waals surface area contributed by atoms with Crippen molar-refractivity contribution in [2.24, 2.45) is 17.8 Å². The van der Waals surface area contributed by atoms with Gasteiger partial charge in [-0.3, -0.25) is 10.1 Å². The first-order valence-corrected chi connectivity index (χ1v) is 10.5. The Balaban J connectivity index is 1.32. The van der Waals surface area contributed by atoms with Crippen LogP contribution in [0.3, 0.4) is 0 Å².